The van der Waals surface area contributed by atoms with Crippen LogP contribution in [-0.4, -0.2) is 68.7 Å². The summed E-state index contributed by atoms with van der Waals surface area (Å²) in [6.45, 7) is 5.84. The number of hydrogen-bond acceptors (Lipinski definition) is 5. The largest absolute Gasteiger partial charge is 0.355 e. The number of piperazine rings is 1. The van der Waals surface area contributed by atoms with Crippen molar-refractivity contribution in [1.82, 2.24) is 15.1 Å². The Balaban J connectivity index is 0.00000210. The lowest BCUT2D eigenvalue weighted by atomic mass is 9.94. The molecule has 0 spiro atoms. The molecule has 1 atom stereocenters. The molecule has 1 unspecified atom stereocenters. The van der Waals surface area contributed by atoms with Crippen molar-refractivity contribution in [2.75, 3.05) is 32.7 Å². The van der Waals surface area contributed by atoms with Crippen molar-refractivity contribution in [3.63, 3.8) is 0 Å². The molecule has 0 radical (unpaired) electrons. The van der Waals surface area contributed by atoms with Gasteiger partial charge in [0.15, 0.2) is 5.84 Å². The molecule has 1 aromatic rings. The summed E-state index contributed by atoms with van der Waals surface area (Å²) >= 11 is 0. The fourth-order valence-electron chi connectivity index (χ4n) is 4.06. The van der Waals surface area contributed by atoms with Crippen LogP contribution in [0.2, 0.25) is 0 Å². The highest BCUT2D eigenvalue weighted by Crippen LogP contribution is 2.30. The van der Waals surface area contributed by atoms with E-state index in [0.29, 0.717) is 24.5 Å². The van der Waals surface area contributed by atoms with Crippen LogP contribution in [-0.2, 0) is 14.8 Å². The van der Waals surface area contributed by atoms with E-state index in [1.165, 1.54) is 0 Å². The molecule has 0 aliphatic carbocycles. The normalized spacial score (nSPS) is 24.8. The van der Waals surface area contributed by atoms with Crippen molar-refractivity contribution < 1.29 is 13.2 Å². The van der Waals surface area contributed by atoms with E-state index in [1.807, 2.05) is 15.9 Å². The number of nitrogens with zero attached hydrogens (tertiary/aromatic N) is 3. The van der Waals surface area contributed by atoms with Gasteiger partial charge in [0.05, 0.1) is 0 Å². The Morgan fingerprint density at radius 3 is 2.59 bits per heavy atom. The lowest BCUT2D eigenvalue weighted by Crippen LogP contribution is -2.55. The van der Waals surface area contributed by atoms with Crippen molar-refractivity contribution in [1.29, 1.82) is 0 Å². The average molecular weight is 413 g/mol. The summed E-state index contributed by atoms with van der Waals surface area (Å²) in [7, 11) is -3.59. The molecule has 1 amide bonds. The molecule has 2 saturated heterocycles. The fourth-order valence-corrected chi connectivity index (χ4v) is 5.29. The minimum atomic E-state index is -3.59. The van der Waals surface area contributed by atoms with Crippen LogP contribution in [0.15, 0.2) is 33.6 Å². The molecule has 3 aliphatic rings. The first-order valence-electron chi connectivity index (χ1n) is 9.18. The maximum absolute atomic E-state index is 12.8. The molecule has 2 fully saturated rings. The van der Waals surface area contributed by atoms with Gasteiger partial charge in [0.2, 0.25) is 5.91 Å². The number of amidine groups is 1. The number of piperidine rings is 1. The van der Waals surface area contributed by atoms with Gasteiger partial charge in [0, 0.05) is 50.2 Å². The zero-order chi connectivity index (χ0) is 18.3. The highest BCUT2D eigenvalue weighted by Gasteiger charge is 2.36. The van der Waals surface area contributed by atoms with Crippen molar-refractivity contribution in [2.45, 2.75) is 30.7 Å². The van der Waals surface area contributed by atoms with E-state index in [2.05, 4.69) is 16.6 Å². The number of carbonyl (C=O) groups excluding carboxylic acids is 1. The highest BCUT2D eigenvalue weighted by molar-refractivity contribution is 7.90. The quantitative estimate of drug-likeness (QED) is 0.746. The standard InChI is InChI=1S/C18H24N4O3S.ClH/c1-13-12-19-8-11-22(13)18(23)14-6-9-21(10-7-14)17-15-4-2-3-5-16(15)26(24,25)20-17;/h2-5,13-14,19H,6-12H2,1H3;1H. The zero-order valence-electron chi connectivity index (χ0n) is 15.3. The first kappa shape index (κ1) is 20.1. The Labute approximate surface area is 166 Å². The maximum atomic E-state index is 12.8. The Hall–Kier alpha value is -1.64. The molecule has 3 heterocycles. The van der Waals surface area contributed by atoms with Crippen molar-refractivity contribution in [3.8, 4) is 0 Å². The number of fused-ring (bicyclic) bond motifs is 1. The van der Waals surface area contributed by atoms with Crippen molar-refractivity contribution in [3.05, 3.63) is 29.8 Å². The van der Waals surface area contributed by atoms with Crippen LogP contribution in [0.25, 0.3) is 0 Å². The number of rotatable bonds is 1. The third kappa shape index (κ3) is 3.70. The summed E-state index contributed by atoms with van der Waals surface area (Å²) in [6, 6.07) is 7.18. The summed E-state index contributed by atoms with van der Waals surface area (Å²) < 4.78 is 28.5. The van der Waals surface area contributed by atoms with Gasteiger partial charge in [-0.3, -0.25) is 4.79 Å². The molecule has 0 bridgehead atoms. The van der Waals surface area contributed by atoms with Crippen LogP contribution in [0.3, 0.4) is 0 Å². The predicted molar refractivity (Wildman–Crippen MR) is 106 cm³/mol. The van der Waals surface area contributed by atoms with Gasteiger partial charge in [-0.25, -0.2) is 0 Å². The van der Waals surface area contributed by atoms with Gasteiger partial charge in [-0.05, 0) is 31.9 Å². The second-order valence-corrected chi connectivity index (χ2v) is 8.80. The Morgan fingerprint density at radius 1 is 1.19 bits per heavy atom. The molecule has 0 saturated carbocycles. The smallest absolute Gasteiger partial charge is 0.285 e. The van der Waals surface area contributed by atoms with Crippen LogP contribution < -0.4 is 5.32 Å². The zero-order valence-corrected chi connectivity index (χ0v) is 16.9. The molecule has 1 aromatic carbocycles. The molecular weight excluding hydrogens is 388 g/mol. The van der Waals surface area contributed by atoms with Crippen LogP contribution in [0.5, 0.6) is 0 Å². The highest BCUT2D eigenvalue weighted by atomic mass is 35.5. The monoisotopic (exact) mass is 412 g/mol. The van der Waals surface area contributed by atoms with E-state index in [1.54, 1.807) is 18.2 Å². The minimum Gasteiger partial charge on any atom is -0.355 e. The summed E-state index contributed by atoms with van der Waals surface area (Å²) in [4.78, 5) is 17.1. The van der Waals surface area contributed by atoms with Crippen LogP contribution in [0.1, 0.15) is 25.3 Å². The van der Waals surface area contributed by atoms with Crippen LogP contribution in [0, 0.1) is 5.92 Å². The molecule has 4 rings (SSSR count). The van der Waals surface area contributed by atoms with E-state index >= 15 is 0 Å². The van der Waals surface area contributed by atoms with Gasteiger partial charge in [0.25, 0.3) is 10.0 Å². The fraction of sp³-hybridized carbons (Fsp3) is 0.556. The molecule has 3 aliphatic heterocycles. The number of amides is 1. The van der Waals surface area contributed by atoms with Crippen LogP contribution >= 0.6 is 12.4 Å². The topological polar surface area (TPSA) is 82.1 Å². The summed E-state index contributed by atoms with van der Waals surface area (Å²) in [5.74, 6) is 0.780. The molecule has 7 nitrogen and oxygen atoms in total. The number of sulfonamides is 1. The summed E-state index contributed by atoms with van der Waals surface area (Å²) in [5, 5.41) is 3.31. The third-order valence-electron chi connectivity index (χ3n) is 5.54. The number of hydrogen-bond donors (Lipinski definition) is 1. The SMILES string of the molecule is CC1CNCCN1C(=O)C1CCN(C2=NS(=O)(=O)c3ccccc32)CC1.Cl. The Morgan fingerprint density at radius 2 is 1.89 bits per heavy atom. The van der Waals surface area contributed by atoms with Gasteiger partial charge < -0.3 is 15.1 Å². The number of likely N-dealkylation sites (tertiary alicyclic amines) is 1. The maximum Gasteiger partial charge on any atom is 0.285 e. The summed E-state index contributed by atoms with van der Waals surface area (Å²) in [6.07, 6.45) is 1.47. The lowest BCUT2D eigenvalue weighted by molar-refractivity contribution is -0.139. The number of benzene rings is 1. The molecule has 148 valence electrons. The van der Waals surface area contributed by atoms with Crippen molar-refractivity contribution in [2.24, 2.45) is 10.3 Å². The van der Waals surface area contributed by atoms with E-state index in [9.17, 15) is 13.2 Å². The molecule has 0 aromatic heterocycles. The first-order chi connectivity index (χ1) is 12.5. The second-order valence-electron chi connectivity index (χ2n) is 7.23. The number of halogens is 1. The van der Waals surface area contributed by atoms with E-state index in [0.717, 1.165) is 32.5 Å². The molecule has 27 heavy (non-hydrogen) atoms. The van der Waals surface area contributed by atoms with Crippen molar-refractivity contribution >= 4 is 34.2 Å². The summed E-state index contributed by atoms with van der Waals surface area (Å²) in [5.41, 5.74) is 0.674. The van der Waals surface area contributed by atoms with Gasteiger partial charge in [0.1, 0.15) is 4.90 Å². The average Bonchev–Trinajstić information content (AvgIpc) is 2.93. The van der Waals surface area contributed by atoms with Gasteiger partial charge in [-0.2, -0.15) is 8.42 Å². The van der Waals surface area contributed by atoms with Gasteiger partial charge in [-0.1, -0.05) is 12.1 Å². The van der Waals surface area contributed by atoms with Crippen LogP contribution in [0.4, 0.5) is 0 Å². The molecule has 9 heteroatoms. The Kier molecular flexibility index (Phi) is 5.79. The van der Waals surface area contributed by atoms with E-state index in [-0.39, 0.29) is 35.2 Å². The molecular formula is C18H25ClN4O3S. The number of carbonyl (C=O) groups is 1. The molecule has 1 N–H and O–H groups in total. The Bertz CT molecular complexity index is 850. The predicted octanol–water partition coefficient (Wildman–Crippen LogP) is 1.09. The van der Waals surface area contributed by atoms with Gasteiger partial charge >= 0.3 is 0 Å². The van der Waals surface area contributed by atoms with E-state index < -0.39 is 10.0 Å². The third-order valence-corrected chi connectivity index (χ3v) is 6.87. The van der Waals surface area contributed by atoms with Gasteiger partial charge in [-0.15, -0.1) is 16.8 Å². The number of nitrogens with one attached hydrogen (secondary N) is 1. The van der Waals surface area contributed by atoms with E-state index in [4.69, 9.17) is 0 Å². The lowest BCUT2D eigenvalue weighted by Gasteiger charge is -2.39. The second kappa shape index (κ2) is 7.77. The first-order valence-corrected chi connectivity index (χ1v) is 10.6. The minimum absolute atomic E-state index is 0.